The van der Waals surface area contributed by atoms with Gasteiger partial charge in [0.05, 0.1) is 6.10 Å². The molecule has 2 atom stereocenters. The molecule has 2 nitrogen and oxygen atoms in total. The van der Waals surface area contributed by atoms with Crippen molar-refractivity contribution in [2.75, 3.05) is 0 Å². The van der Waals surface area contributed by atoms with Crippen LogP contribution in [-0.4, -0.2) is 18.0 Å². The number of hydrogen-bond donors (Lipinski definition) is 0. The Labute approximate surface area is 68.6 Å². The Morgan fingerprint density at radius 1 is 1.78 bits per heavy atom. The van der Waals surface area contributed by atoms with Gasteiger partial charge in [-0.2, -0.15) is 0 Å². The van der Waals surface area contributed by atoms with E-state index in [4.69, 9.17) is 4.74 Å². The van der Waals surface area contributed by atoms with Crippen LogP contribution in [-0.2, 0) is 30.0 Å². The molecule has 1 aliphatic heterocycles. The molecule has 9 heavy (non-hydrogen) atoms. The summed E-state index contributed by atoms with van der Waals surface area (Å²) in [6, 6.07) is 0. The second kappa shape index (κ2) is 3.46. The Kier molecular flexibility index (Phi) is 3.57. The summed E-state index contributed by atoms with van der Waals surface area (Å²) >= 11 is 0. The van der Waals surface area contributed by atoms with Crippen molar-refractivity contribution in [1.82, 2.24) is 0 Å². The molecule has 0 aromatic rings. The van der Waals surface area contributed by atoms with Crippen LogP contribution in [0, 0.1) is 6.92 Å². The average molecular weight is 299 g/mol. The molecular weight excluding hydrogens is 290 g/mol. The summed E-state index contributed by atoms with van der Waals surface area (Å²) in [5, 5.41) is 0. The maximum atomic E-state index is 10.3. The van der Waals surface area contributed by atoms with Gasteiger partial charge in [0.25, 0.3) is 0 Å². The quantitative estimate of drug-likeness (QED) is 0.551. The van der Waals surface area contributed by atoms with E-state index >= 15 is 0 Å². The molecule has 1 heterocycles. The molecule has 0 bridgehead atoms. The maximum absolute atomic E-state index is 10.3. The summed E-state index contributed by atoms with van der Waals surface area (Å²) in [4.78, 5) is 10.3. The number of rotatable bonds is 2. The van der Waals surface area contributed by atoms with E-state index in [2.05, 4.69) is 6.92 Å². The normalized spacial score (nSPS) is 30.9. The van der Waals surface area contributed by atoms with Gasteiger partial charge in [-0.05, 0) is 13.0 Å². The molecule has 0 saturated carbocycles. The van der Waals surface area contributed by atoms with Gasteiger partial charge >= 0.3 is 0 Å². The van der Waals surface area contributed by atoms with Crippen molar-refractivity contribution in [3.63, 3.8) is 0 Å². The van der Waals surface area contributed by atoms with Gasteiger partial charge in [0.2, 0.25) is 0 Å². The topological polar surface area (TPSA) is 29.6 Å². The summed E-state index contributed by atoms with van der Waals surface area (Å²) in [7, 11) is 0. The zero-order valence-corrected chi connectivity index (χ0v) is 7.98. The molecular formula is C6H9O2Re-. The Hall–Kier alpha value is 0.292. The second-order valence-corrected chi connectivity index (χ2v) is 2.12. The molecule has 0 spiro atoms. The molecule has 0 aromatic carbocycles. The molecule has 2 unspecified atom stereocenters. The number of Topliss-reactive ketones (excluding diaryl/α,β-unsaturated/α-hetero) is 1. The first kappa shape index (κ1) is 9.29. The van der Waals surface area contributed by atoms with Gasteiger partial charge < -0.3 is 11.7 Å². The summed E-state index contributed by atoms with van der Waals surface area (Å²) in [5.41, 5.74) is 0. The molecule has 3 heteroatoms. The molecule has 1 saturated heterocycles. The number of ether oxygens (including phenoxy) is 1. The monoisotopic (exact) mass is 300 g/mol. The van der Waals surface area contributed by atoms with Gasteiger partial charge in [-0.15, -0.1) is 0 Å². The van der Waals surface area contributed by atoms with E-state index < -0.39 is 0 Å². The fourth-order valence-corrected chi connectivity index (χ4v) is 0.642. The van der Waals surface area contributed by atoms with Crippen LogP contribution >= 0.6 is 0 Å². The standard InChI is InChI=1S/C6H9O2.Re/c1-4(7)3-6-5(2)8-6;/h5-6H,2-3H2,1H3;/q-1;. The summed E-state index contributed by atoms with van der Waals surface area (Å²) in [6.45, 7) is 5.17. The molecule has 0 amide bonds. The van der Waals surface area contributed by atoms with Gasteiger partial charge in [0, 0.05) is 26.8 Å². The molecule has 1 aliphatic rings. The summed E-state index contributed by atoms with van der Waals surface area (Å²) < 4.78 is 4.90. The second-order valence-electron chi connectivity index (χ2n) is 2.12. The number of carbonyl (C=O) groups excluding carboxylic acids is 1. The zero-order chi connectivity index (χ0) is 6.15. The first-order valence-electron chi connectivity index (χ1n) is 2.68. The summed E-state index contributed by atoms with van der Waals surface area (Å²) in [5.74, 6) is 0.182. The van der Waals surface area contributed by atoms with Gasteiger partial charge in [0.15, 0.2) is 0 Å². The Morgan fingerprint density at radius 3 is 2.33 bits per heavy atom. The van der Waals surface area contributed by atoms with E-state index in [1.807, 2.05) is 0 Å². The average Bonchev–Trinajstić information content (AvgIpc) is 2.17. The van der Waals surface area contributed by atoms with E-state index in [1.54, 1.807) is 6.92 Å². The third-order valence-corrected chi connectivity index (χ3v) is 1.18. The van der Waals surface area contributed by atoms with E-state index in [-0.39, 0.29) is 38.4 Å². The Balaban J connectivity index is 0.000000640. The van der Waals surface area contributed by atoms with Gasteiger partial charge in [-0.1, -0.05) is 0 Å². The molecule has 0 aliphatic carbocycles. The van der Waals surface area contributed by atoms with Crippen LogP contribution in [0.25, 0.3) is 0 Å². The molecule has 1 radical (unpaired) electrons. The van der Waals surface area contributed by atoms with Crippen LogP contribution in [0.5, 0.6) is 0 Å². The number of epoxide rings is 1. The van der Waals surface area contributed by atoms with Crippen LogP contribution in [0.15, 0.2) is 0 Å². The fourth-order valence-electron chi connectivity index (χ4n) is 0.642. The van der Waals surface area contributed by atoms with Crippen LogP contribution in [0.4, 0.5) is 0 Å². The smallest absolute Gasteiger partial charge is 0.132 e. The first-order chi connectivity index (χ1) is 3.70. The van der Waals surface area contributed by atoms with E-state index in [0.29, 0.717) is 6.42 Å². The first-order valence-corrected chi connectivity index (χ1v) is 2.68. The Bertz CT molecular complexity index is 114. The van der Waals surface area contributed by atoms with Crippen molar-refractivity contribution in [2.45, 2.75) is 25.6 Å². The van der Waals surface area contributed by atoms with E-state index in [0.717, 1.165) is 0 Å². The van der Waals surface area contributed by atoms with Crippen LogP contribution in [0.1, 0.15) is 13.3 Å². The van der Waals surface area contributed by atoms with Crippen molar-refractivity contribution >= 4 is 5.78 Å². The van der Waals surface area contributed by atoms with Gasteiger partial charge in [-0.3, -0.25) is 4.79 Å². The van der Waals surface area contributed by atoms with Crippen LogP contribution < -0.4 is 0 Å². The van der Waals surface area contributed by atoms with Crippen molar-refractivity contribution < 1.29 is 30.0 Å². The third-order valence-electron chi connectivity index (χ3n) is 1.18. The van der Waals surface area contributed by atoms with Crippen molar-refractivity contribution in [2.24, 2.45) is 0 Å². The van der Waals surface area contributed by atoms with Gasteiger partial charge in [-0.25, -0.2) is 0 Å². The number of hydrogen-bond acceptors (Lipinski definition) is 2. The minimum absolute atomic E-state index is 0. The van der Waals surface area contributed by atoms with E-state index in [9.17, 15) is 4.79 Å². The van der Waals surface area contributed by atoms with Crippen molar-refractivity contribution in [1.29, 1.82) is 0 Å². The Morgan fingerprint density at radius 2 is 2.22 bits per heavy atom. The summed E-state index contributed by atoms with van der Waals surface area (Å²) in [6.07, 6.45) is 0.750. The van der Waals surface area contributed by atoms with Crippen molar-refractivity contribution in [3.8, 4) is 0 Å². The zero-order valence-electron chi connectivity index (χ0n) is 5.26. The predicted octanol–water partition coefficient (Wildman–Crippen LogP) is 0.564. The predicted molar refractivity (Wildman–Crippen MR) is 29.3 cm³/mol. The van der Waals surface area contributed by atoms with Crippen LogP contribution in [0.2, 0.25) is 0 Å². The fraction of sp³-hybridized carbons (Fsp3) is 0.667. The number of carbonyl (C=O) groups is 1. The molecule has 1 rings (SSSR count). The van der Waals surface area contributed by atoms with Crippen molar-refractivity contribution in [3.05, 3.63) is 6.92 Å². The third kappa shape index (κ3) is 3.10. The largest absolute Gasteiger partial charge is 0.404 e. The molecule has 1 fully saturated rings. The maximum Gasteiger partial charge on any atom is 0.132 e. The van der Waals surface area contributed by atoms with E-state index in [1.165, 1.54) is 0 Å². The van der Waals surface area contributed by atoms with Gasteiger partial charge in [0.1, 0.15) is 5.78 Å². The molecule has 0 aromatic heterocycles. The minimum Gasteiger partial charge on any atom is -0.404 e. The SMILES string of the molecule is [CH2-]C1OC1CC(C)=O.[Re]. The molecule has 53 valence electrons. The molecule has 0 N–H and O–H groups in total. The minimum atomic E-state index is 0. The van der Waals surface area contributed by atoms with Crippen LogP contribution in [0.3, 0.4) is 0 Å². The number of ketones is 1.